The maximum atomic E-state index is 7.86. The normalized spacial score (nSPS) is 46.4. The molecule has 0 bridgehead atoms. The lowest BCUT2D eigenvalue weighted by Crippen LogP contribution is -2.11. The van der Waals surface area contributed by atoms with Crippen molar-refractivity contribution in [2.24, 2.45) is 11.8 Å². The van der Waals surface area contributed by atoms with Crippen molar-refractivity contribution in [1.29, 1.82) is 0 Å². The second-order valence-electron chi connectivity index (χ2n) is 3.33. The first-order valence-electron chi connectivity index (χ1n) is 4.64. The minimum absolute atomic E-state index is 0.0983. The molecule has 9 heavy (non-hydrogen) atoms. The quantitative estimate of drug-likeness (QED) is 0.507. The van der Waals surface area contributed by atoms with E-state index < -0.39 is 0 Å². The zero-order valence-corrected chi connectivity index (χ0v) is 6.61. The van der Waals surface area contributed by atoms with E-state index in [0.29, 0.717) is 0 Å². The molecule has 0 saturated heterocycles. The lowest BCUT2D eigenvalue weighted by atomic mass is 9.81. The molecule has 0 heterocycles. The highest BCUT2D eigenvalue weighted by Crippen LogP contribution is 2.29. The van der Waals surface area contributed by atoms with E-state index in [-0.39, 0.29) is 5.89 Å². The van der Waals surface area contributed by atoms with Crippen LogP contribution in [0.5, 0.6) is 0 Å². The number of rotatable bonds is 1. The number of hydrogen-bond donors (Lipinski definition) is 0. The van der Waals surface area contributed by atoms with Gasteiger partial charge in [-0.1, -0.05) is 39.5 Å². The van der Waals surface area contributed by atoms with Crippen molar-refractivity contribution >= 4 is 0 Å². The molecule has 0 aromatic carbocycles. The Morgan fingerprint density at radius 2 is 2.33 bits per heavy atom. The van der Waals surface area contributed by atoms with E-state index >= 15 is 0 Å². The largest absolute Gasteiger partial charge is 0.0651 e. The van der Waals surface area contributed by atoms with E-state index in [4.69, 9.17) is 1.37 Å². The minimum atomic E-state index is -0.0983. The third-order valence-electron chi connectivity index (χ3n) is 2.43. The summed E-state index contributed by atoms with van der Waals surface area (Å²) in [7, 11) is 0. The Labute approximate surface area is 60.1 Å². The first-order valence-corrected chi connectivity index (χ1v) is 4.14. The Morgan fingerprint density at radius 3 is 2.78 bits per heavy atom. The predicted molar refractivity (Wildman–Crippen MR) is 41.4 cm³/mol. The average molecular weight is 127 g/mol. The molecule has 0 aliphatic heterocycles. The summed E-state index contributed by atoms with van der Waals surface area (Å²) in [6.45, 7) is 4.32. The van der Waals surface area contributed by atoms with Crippen LogP contribution in [0, 0.1) is 11.8 Å². The maximum Gasteiger partial charge on any atom is 0.0300 e. The molecule has 0 aromatic rings. The summed E-state index contributed by atoms with van der Waals surface area (Å²) in [5, 5.41) is 0. The van der Waals surface area contributed by atoms with Gasteiger partial charge in [-0.3, -0.25) is 0 Å². The topological polar surface area (TPSA) is 0 Å². The van der Waals surface area contributed by atoms with Gasteiger partial charge in [0, 0.05) is 1.37 Å². The van der Waals surface area contributed by atoms with E-state index in [9.17, 15) is 0 Å². The van der Waals surface area contributed by atoms with Crippen molar-refractivity contribution in [3.05, 3.63) is 0 Å². The van der Waals surface area contributed by atoms with Crippen molar-refractivity contribution in [3.63, 3.8) is 0 Å². The van der Waals surface area contributed by atoms with Gasteiger partial charge < -0.3 is 0 Å². The Kier molecular flexibility index (Phi) is 2.07. The van der Waals surface area contributed by atoms with Gasteiger partial charge >= 0.3 is 0 Å². The SMILES string of the molecule is [2H][C@]1(C)CCCC(CC)C1. The zero-order valence-electron chi connectivity index (χ0n) is 7.61. The maximum absolute atomic E-state index is 7.86. The average Bonchev–Trinajstić information content (AvgIpc) is 1.86. The Morgan fingerprint density at radius 1 is 1.56 bits per heavy atom. The van der Waals surface area contributed by atoms with Crippen molar-refractivity contribution in [3.8, 4) is 0 Å². The van der Waals surface area contributed by atoms with Crippen LogP contribution in [-0.4, -0.2) is 0 Å². The standard InChI is InChI=1S/C9H18/c1-3-9-6-4-5-8(2)7-9/h8-9H,3-7H2,1-2H3/t8-,9?/m0/s1/i8D. The van der Waals surface area contributed by atoms with Crippen molar-refractivity contribution in [2.75, 3.05) is 0 Å². The lowest BCUT2D eigenvalue weighted by molar-refractivity contribution is 0.276. The molecule has 0 nitrogen and oxygen atoms in total. The second kappa shape index (κ2) is 3.24. The molecular formula is C9H18. The van der Waals surface area contributed by atoms with Crippen molar-refractivity contribution < 1.29 is 1.37 Å². The van der Waals surface area contributed by atoms with Gasteiger partial charge in [0.15, 0.2) is 0 Å². The number of hydrogen-bond acceptors (Lipinski definition) is 0. The van der Waals surface area contributed by atoms with E-state index in [1.807, 2.05) is 0 Å². The molecule has 1 unspecified atom stereocenters. The molecule has 1 aliphatic carbocycles. The highest BCUT2D eigenvalue weighted by atomic mass is 14.2. The van der Waals surface area contributed by atoms with Crippen LogP contribution in [0.25, 0.3) is 0 Å². The first-order chi connectivity index (χ1) is 4.64. The van der Waals surface area contributed by atoms with E-state index in [1.54, 1.807) is 0 Å². The molecule has 0 heteroatoms. The monoisotopic (exact) mass is 127 g/mol. The summed E-state index contributed by atoms with van der Waals surface area (Å²) in [5.74, 6) is 0.745. The van der Waals surface area contributed by atoms with E-state index in [1.165, 1.54) is 19.3 Å². The van der Waals surface area contributed by atoms with Crippen LogP contribution in [0.2, 0.25) is 0 Å². The van der Waals surface area contributed by atoms with Gasteiger partial charge in [-0.25, -0.2) is 0 Å². The first kappa shape index (κ1) is 5.76. The van der Waals surface area contributed by atoms with Crippen LogP contribution >= 0.6 is 0 Å². The van der Waals surface area contributed by atoms with Crippen molar-refractivity contribution in [2.45, 2.75) is 46.0 Å². The van der Waals surface area contributed by atoms with Crippen LogP contribution in [0.1, 0.15) is 47.3 Å². The highest BCUT2D eigenvalue weighted by Gasteiger charge is 2.16. The van der Waals surface area contributed by atoms with Crippen LogP contribution in [0.15, 0.2) is 0 Å². The molecular weight excluding hydrogens is 108 g/mol. The fourth-order valence-electron chi connectivity index (χ4n) is 1.74. The molecule has 1 aliphatic rings. The highest BCUT2D eigenvalue weighted by molar-refractivity contribution is 4.68. The van der Waals surface area contributed by atoms with Gasteiger partial charge in [0.2, 0.25) is 0 Å². The Hall–Kier alpha value is 0. The molecule has 0 amide bonds. The van der Waals surface area contributed by atoms with Crippen LogP contribution in [0.3, 0.4) is 0 Å². The predicted octanol–water partition coefficient (Wildman–Crippen LogP) is 3.22. The van der Waals surface area contributed by atoms with Crippen LogP contribution in [0.4, 0.5) is 0 Å². The third-order valence-corrected chi connectivity index (χ3v) is 2.43. The molecule has 1 rings (SSSR count). The molecule has 0 spiro atoms. The van der Waals surface area contributed by atoms with Crippen molar-refractivity contribution in [1.82, 2.24) is 0 Å². The van der Waals surface area contributed by atoms with Gasteiger partial charge in [-0.15, -0.1) is 0 Å². The molecule has 0 radical (unpaired) electrons. The molecule has 1 saturated carbocycles. The molecule has 0 aromatic heterocycles. The van der Waals surface area contributed by atoms with Crippen LogP contribution < -0.4 is 0 Å². The second-order valence-corrected chi connectivity index (χ2v) is 3.33. The van der Waals surface area contributed by atoms with Gasteiger partial charge in [0.05, 0.1) is 0 Å². The summed E-state index contributed by atoms with van der Waals surface area (Å²) < 4.78 is 7.86. The van der Waals surface area contributed by atoms with E-state index in [0.717, 1.165) is 18.8 Å². The third kappa shape index (κ3) is 2.00. The van der Waals surface area contributed by atoms with Gasteiger partial charge in [0.1, 0.15) is 0 Å². The summed E-state index contributed by atoms with van der Waals surface area (Å²) in [6.07, 6.45) is 6.16. The fraction of sp³-hybridized carbons (Fsp3) is 1.00. The zero-order chi connectivity index (χ0) is 7.61. The molecule has 1 fully saturated rings. The smallest absolute Gasteiger partial charge is 0.0300 e. The molecule has 0 N–H and O–H groups in total. The summed E-state index contributed by atoms with van der Waals surface area (Å²) >= 11 is 0. The summed E-state index contributed by atoms with van der Waals surface area (Å²) in [4.78, 5) is 0. The Bertz CT molecular complexity index is 107. The van der Waals surface area contributed by atoms with Crippen LogP contribution in [-0.2, 0) is 0 Å². The fourth-order valence-corrected chi connectivity index (χ4v) is 1.74. The summed E-state index contributed by atoms with van der Waals surface area (Å²) in [6, 6.07) is 0. The Balaban J connectivity index is 2.40. The van der Waals surface area contributed by atoms with Gasteiger partial charge in [-0.05, 0) is 18.2 Å². The lowest BCUT2D eigenvalue weighted by Gasteiger charge is -2.25. The van der Waals surface area contributed by atoms with Gasteiger partial charge in [0.25, 0.3) is 0 Å². The van der Waals surface area contributed by atoms with Gasteiger partial charge in [-0.2, -0.15) is 0 Å². The molecule has 54 valence electrons. The molecule has 2 atom stereocenters. The van der Waals surface area contributed by atoms with E-state index in [2.05, 4.69) is 13.8 Å². The minimum Gasteiger partial charge on any atom is -0.0651 e. The summed E-state index contributed by atoms with van der Waals surface area (Å²) in [5.41, 5.74) is 0.